The van der Waals surface area contributed by atoms with Gasteiger partial charge in [0.15, 0.2) is 0 Å². The third-order valence-electron chi connectivity index (χ3n) is 3.31. The molecule has 0 aliphatic carbocycles. The van der Waals surface area contributed by atoms with Crippen LogP contribution in [0, 0.1) is 5.82 Å². The maximum atomic E-state index is 13.9. The van der Waals surface area contributed by atoms with E-state index in [9.17, 15) is 43.9 Å². The summed E-state index contributed by atoms with van der Waals surface area (Å²) in [4.78, 5) is 9.31. The second-order valence-corrected chi connectivity index (χ2v) is 6.89. The first-order chi connectivity index (χ1) is 12.3. The van der Waals surface area contributed by atoms with Crippen LogP contribution in [0.3, 0.4) is 0 Å². The van der Waals surface area contributed by atoms with Gasteiger partial charge in [0.2, 0.25) is 0 Å². The summed E-state index contributed by atoms with van der Waals surface area (Å²) in [5.41, 5.74) is -1.58. The smallest absolute Gasteiger partial charge is 0.230 e. The molecule has 0 bridgehead atoms. The summed E-state index contributed by atoms with van der Waals surface area (Å²) >= 11 is 0. The van der Waals surface area contributed by atoms with Crippen molar-refractivity contribution in [1.82, 2.24) is 0 Å². The van der Waals surface area contributed by atoms with E-state index in [0.717, 1.165) is 24.3 Å². The van der Waals surface area contributed by atoms with Gasteiger partial charge in [-0.15, -0.1) is 0 Å². The zero-order chi connectivity index (χ0) is 22.2. The van der Waals surface area contributed by atoms with Crippen LogP contribution in [0.4, 0.5) is 43.9 Å². The topological polar surface area (TPSA) is 18.5 Å². The van der Waals surface area contributed by atoms with E-state index in [1.54, 1.807) is 0 Å². The standard InChI is InChI=1S/C16H16F10O2/c1-12(2,3)28-27-11(9-4-6-10(17)7-5-9)8-13(18,19)14(20,21)15(22,23)16(24,25)26/h4-7,11H,8H2,1-3H3. The van der Waals surface area contributed by atoms with Gasteiger partial charge in [0, 0.05) is 0 Å². The summed E-state index contributed by atoms with van der Waals surface area (Å²) in [6.45, 7) is 4.08. The van der Waals surface area contributed by atoms with E-state index in [-0.39, 0.29) is 0 Å². The number of hydrogen-bond donors (Lipinski definition) is 0. The summed E-state index contributed by atoms with van der Waals surface area (Å²) < 4.78 is 130. The molecule has 0 heterocycles. The minimum atomic E-state index is -7.01. The molecule has 0 aliphatic heterocycles. The Morgan fingerprint density at radius 1 is 0.786 bits per heavy atom. The first-order valence-corrected chi connectivity index (χ1v) is 7.62. The Kier molecular flexibility index (Phi) is 6.73. The van der Waals surface area contributed by atoms with E-state index in [1.807, 2.05) is 0 Å². The molecule has 28 heavy (non-hydrogen) atoms. The second-order valence-electron chi connectivity index (χ2n) is 6.89. The van der Waals surface area contributed by atoms with Crippen LogP contribution in [0.2, 0.25) is 0 Å². The van der Waals surface area contributed by atoms with Gasteiger partial charge in [-0.25, -0.2) is 14.2 Å². The lowest BCUT2D eigenvalue weighted by atomic mass is 9.95. The van der Waals surface area contributed by atoms with Crippen molar-refractivity contribution in [3.63, 3.8) is 0 Å². The number of halogens is 10. The molecule has 0 amide bonds. The van der Waals surface area contributed by atoms with Crippen molar-refractivity contribution in [3.05, 3.63) is 35.6 Å². The highest BCUT2D eigenvalue weighted by Gasteiger charge is 2.81. The SMILES string of the molecule is CC(C)(C)OOC(CC(F)(F)C(F)(F)C(F)(F)C(F)(F)F)c1ccc(F)cc1. The highest BCUT2D eigenvalue weighted by atomic mass is 19.4. The van der Waals surface area contributed by atoms with E-state index in [0.29, 0.717) is 0 Å². The molecular formula is C16H16F10O2. The molecule has 162 valence electrons. The first kappa shape index (κ1) is 24.5. The van der Waals surface area contributed by atoms with Crippen molar-refractivity contribution in [3.8, 4) is 0 Å². The normalized spacial score (nSPS) is 15.6. The molecule has 1 unspecified atom stereocenters. The van der Waals surface area contributed by atoms with Gasteiger partial charge in [0.05, 0.1) is 12.0 Å². The number of hydrogen-bond acceptors (Lipinski definition) is 2. The molecular weight excluding hydrogens is 414 g/mol. The molecule has 0 N–H and O–H groups in total. The van der Waals surface area contributed by atoms with Gasteiger partial charge in [-0.3, -0.25) is 0 Å². The van der Waals surface area contributed by atoms with Gasteiger partial charge < -0.3 is 0 Å². The molecule has 0 aromatic heterocycles. The third-order valence-corrected chi connectivity index (χ3v) is 3.31. The van der Waals surface area contributed by atoms with Crippen LogP contribution in [-0.4, -0.2) is 29.5 Å². The van der Waals surface area contributed by atoms with E-state index in [1.165, 1.54) is 20.8 Å². The van der Waals surface area contributed by atoms with E-state index in [2.05, 4.69) is 4.89 Å². The predicted octanol–water partition coefficient (Wildman–Crippen LogP) is 6.47. The zero-order valence-corrected chi connectivity index (χ0v) is 14.7. The lowest BCUT2D eigenvalue weighted by molar-refractivity contribution is -0.413. The Bertz CT molecular complexity index is 647. The Hall–Kier alpha value is -1.56. The van der Waals surface area contributed by atoms with Crippen molar-refractivity contribution in [2.45, 2.75) is 62.8 Å². The van der Waals surface area contributed by atoms with Gasteiger partial charge in [0.1, 0.15) is 11.9 Å². The minimum Gasteiger partial charge on any atom is -0.230 e. The number of alkyl halides is 9. The van der Waals surface area contributed by atoms with Crippen LogP contribution in [0.25, 0.3) is 0 Å². The highest BCUT2D eigenvalue weighted by molar-refractivity contribution is 5.19. The quantitative estimate of drug-likeness (QED) is 0.280. The van der Waals surface area contributed by atoms with Crippen molar-refractivity contribution in [2.24, 2.45) is 0 Å². The first-order valence-electron chi connectivity index (χ1n) is 7.62. The number of benzene rings is 1. The fourth-order valence-corrected chi connectivity index (χ4v) is 1.86. The summed E-state index contributed by atoms with van der Waals surface area (Å²) in [6, 6.07) is 3.07. The molecule has 0 aliphatic rings. The fourth-order valence-electron chi connectivity index (χ4n) is 1.86. The molecule has 0 fully saturated rings. The molecule has 0 saturated heterocycles. The third kappa shape index (κ3) is 5.28. The van der Waals surface area contributed by atoms with Gasteiger partial charge in [-0.2, -0.15) is 39.5 Å². The molecule has 1 aromatic carbocycles. The molecule has 0 radical (unpaired) electrons. The van der Waals surface area contributed by atoms with Gasteiger partial charge in [-0.05, 0) is 38.5 Å². The molecule has 0 spiro atoms. The van der Waals surface area contributed by atoms with E-state index >= 15 is 0 Å². The van der Waals surface area contributed by atoms with E-state index in [4.69, 9.17) is 4.89 Å². The summed E-state index contributed by atoms with van der Waals surface area (Å²) in [5, 5.41) is 0. The summed E-state index contributed by atoms with van der Waals surface area (Å²) in [5.74, 6) is -20.5. The molecule has 1 rings (SSSR count). The molecule has 2 nitrogen and oxygen atoms in total. The minimum absolute atomic E-state index is 0.406. The average molecular weight is 430 g/mol. The fraction of sp³-hybridized carbons (Fsp3) is 0.625. The molecule has 0 saturated carbocycles. The van der Waals surface area contributed by atoms with Crippen LogP contribution in [0.1, 0.15) is 38.9 Å². The Labute approximate surface area is 153 Å². The van der Waals surface area contributed by atoms with Crippen LogP contribution >= 0.6 is 0 Å². The maximum Gasteiger partial charge on any atom is 0.460 e. The van der Waals surface area contributed by atoms with Crippen LogP contribution in [-0.2, 0) is 9.78 Å². The van der Waals surface area contributed by atoms with Crippen LogP contribution < -0.4 is 0 Å². The maximum absolute atomic E-state index is 13.9. The summed E-state index contributed by atoms with van der Waals surface area (Å²) in [7, 11) is 0. The Balaban J connectivity index is 3.25. The second kappa shape index (κ2) is 7.69. The van der Waals surface area contributed by atoms with Gasteiger partial charge in [0.25, 0.3) is 0 Å². The lowest BCUT2D eigenvalue weighted by Gasteiger charge is -2.35. The van der Waals surface area contributed by atoms with Crippen molar-refractivity contribution < 1.29 is 53.7 Å². The molecule has 1 atom stereocenters. The van der Waals surface area contributed by atoms with Crippen LogP contribution in [0.5, 0.6) is 0 Å². The lowest BCUT2D eigenvalue weighted by Crippen LogP contribution is -2.61. The zero-order valence-electron chi connectivity index (χ0n) is 14.7. The highest BCUT2D eigenvalue weighted by Crippen LogP contribution is 2.55. The van der Waals surface area contributed by atoms with Crippen molar-refractivity contribution in [2.75, 3.05) is 0 Å². The summed E-state index contributed by atoms with van der Waals surface area (Å²) in [6.07, 6.45) is -11.4. The Morgan fingerprint density at radius 2 is 1.25 bits per heavy atom. The molecule has 12 heteroatoms. The average Bonchev–Trinajstić information content (AvgIpc) is 2.50. The van der Waals surface area contributed by atoms with Crippen molar-refractivity contribution >= 4 is 0 Å². The number of rotatable bonds is 7. The van der Waals surface area contributed by atoms with E-state index < -0.39 is 53.5 Å². The van der Waals surface area contributed by atoms with Gasteiger partial charge in [-0.1, -0.05) is 12.1 Å². The van der Waals surface area contributed by atoms with Gasteiger partial charge >= 0.3 is 23.9 Å². The largest absolute Gasteiger partial charge is 0.460 e. The molecule has 1 aromatic rings. The monoisotopic (exact) mass is 430 g/mol. The van der Waals surface area contributed by atoms with Crippen molar-refractivity contribution in [1.29, 1.82) is 0 Å². The predicted molar refractivity (Wildman–Crippen MR) is 76.6 cm³/mol. The Morgan fingerprint density at radius 3 is 1.64 bits per heavy atom. The van der Waals surface area contributed by atoms with Crippen LogP contribution in [0.15, 0.2) is 24.3 Å².